The van der Waals surface area contributed by atoms with E-state index < -0.39 is 10.0 Å². The number of hydrogen-bond acceptors (Lipinski definition) is 2. The van der Waals surface area contributed by atoms with Gasteiger partial charge in [-0.3, -0.25) is 0 Å². The summed E-state index contributed by atoms with van der Waals surface area (Å²) in [5.74, 6) is 0.0634. The van der Waals surface area contributed by atoms with Gasteiger partial charge < -0.3 is 0 Å². The molecule has 0 heterocycles. The number of rotatable bonds is 4. The Morgan fingerprint density at radius 2 is 2.00 bits per heavy atom. The van der Waals surface area contributed by atoms with Crippen molar-refractivity contribution in [1.29, 1.82) is 0 Å². The molecule has 77 valence electrons. The van der Waals surface area contributed by atoms with Crippen LogP contribution in [-0.4, -0.2) is 15.0 Å². The van der Waals surface area contributed by atoms with E-state index in [0.717, 1.165) is 0 Å². The van der Waals surface area contributed by atoms with E-state index in [0.29, 0.717) is 11.4 Å². The van der Waals surface area contributed by atoms with Gasteiger partial charge in [-0.2, -0.15) is 0 Å². The molecule has 0 bridgehead atoms. The summed E-state index contributed by atoms with van der Waals surface area (Å²) in [6, 6.07) is 8.31. The quantitative estimate of drug-likeness (QED) is 0.824. The minimum atomic E-state index is -3.35. The summed E-state index contributed by atoms with van der Waals surface area (Å²) in [5.41, 5.74) is 0. The molecular weight excluding hydrogens is 198 g/mol. The van der Waals surface area contributed by atoms with Gasteiger partial charge in [-0.1, -0.05) is 25.1 Å². The van der Waals surface area contributed by atoms with Crippen LogP contribution in [0.25, 0.3) is 0 Å². The maximum absolute atomic E-state index is 11.6. The first-order chi connectivity index (χ1) is 6.52. The van der Waals surface area contributed by atoms with Crippen LogP contribution < -0.4 is 4.72 Å². The first-order valence-corrected chi connectivity index (χ1v) is 5.88. The van der Waals surface area contributed by atoms with Gasteiger partial charge in [0.1, 0.15) is 0 Å². The standard InChI is InChI=1S/C10H14NO2S/c1-9(2)8-11-14(12,13)10-6-4-3-5-7-10/h3-7,9,11H,1,8H2,2H3/p+1. The second-order valence-electron chi connectivity index (χ2n) is 3.27. The van der Waals surface area contributed by atoms with Crippen LogP contribution in [0.15, 0.2) is 35.2 Å². The topological polar surface area (TPSA) is 46.2 Å². The zero-order chi connectivity index (χ0) is 10.6. The summed E-state index contributed by atoms with van der Waals surface area (Å²) in [4.78, 5) is 0.292. The molecule has 1 rings (SSSR count). The fraction of sp³-hybridized carbons (Fsp3) is 0.300. The molecule has 0 fully saturated rings. The minimum Gasteiger partial charge on any atom is -0.211 e. The van der Waals surface area contributed by atoms with Crippen molar-refractivity contribution < 1.29 is 9.84 Å². The van der Waals surface area contributed by atoms with Crippen LogP contribution in [0.4, 0.5) is 0 Å². The van der Waals surface area contributed by atoms with E-state index in [1.807, 2.05) is 6.92 Å². The van der Waals surface area contributed by atoms with Crippen molar-refractivity contribution in [2.24, 2.45) is 5.92 Å². The molecular formula is C10H15NO2S+. The largest absolute Gasteiger partial charge is 1.00 e. The fourth-order valence-electron chi connectivity index (χ4n) is 0.935. The Bertz CT molecular complexity index is 376. The third-order valence-corrected chi connectivity index (χ3v) is 3.11. The maximum Gasteiger partial charge on any atom is 1.00 e. The van der Waals surface area contributed by atoms with Gasteiger partial charge >= 0.3 is 1.43 Å². The van der Waals surface area contributed by atoms with Gasteiger partial charge in [0.25, 0.3) is 0 Å². The van der Waals surface area contributed by atoms with Crippen molar-refractivity contribution >= 4 is 10.0 Å². The predicted molar refractivity (Wildman–Crippen MR) is 57.3 cm³/mol. The highest BCUT2D eigenvalue weighted by atomic mass is 32.2. The van der Waals surface area contributed by atoms with E-state index in [9.17, 15) is 8.42 Å². The van der Waals surface area contributed by atoms with E-state index in [2.05, 4.69) is 11.6 Å². The Kier molecular flexibility index (Phi) is 3.66. The summed E-state index contributed by atoms with van der Waals surface area (Å²) in [6.45, 7) is 5.92. The van der Waals surface area contributed by atoms with Gasteiger partial charge in [0.15, 0.2) is 0 Å². The average molecular weight is 213 g/mol. The van der Waals surface area contributed by atoms with E-state index in [1.54, 1.807) is 30.3 Å². The molecule has 0 spiro atoms. The molecule has 0 saturated carbocycles. The predicted octanol–water partition coefficient (Wildman–Crippen LogP) is 1.55. The van der Waals surface area contributed by atoms with E-state index in [1.165, 1.54) is 0 Å². The first-order valence-electron chi connectivity index (χ1n) is 4.40. The van der Waals surface area contributed by atoms with E-state index in [4.69, 9.17) is 0 Å². The fourth-order valence-corrected chi connectivity index (χ4v) is 2.12. The van der Waals surface area contributed by atoms with Gasteiger partial charge in [-0.05, 0) is 25.0 Å². The zero-order valence-electron chi connectivity index (χ0n) is 9.10. The molecule has 0 aliphatic heterocycles. The molecule has 0 saturated heterocycles. The Hall–Kier alpha value is -0.870. The summed E-state index contributed by atoms with van der Waals surface area (Å²) in [5, 5.41) is 0. The third kappa shape index (κ3) is 3.12. The summed E-state index contributed by atoms with van der Waals surface area (Å²) < 4.78 is 25.7. The number of sulfonamides is 1. The lowest BCUT2D eigenvalue weighted by Crippen LogP contribution is -2.27. The summed E-state index contributed by atoms with van der Waals surface area (Å²) >= 11 is 0. The molecule has 0 amide bonds. The Labute approximate surface area is 86.7 Å². The Morgan fingerprint density at radius 3 is 2.50 bits per heavy atom. The molecule has 1 radical (unpaired) electrons. The summed E-state index contributed by atoms with van der Waals surface area (Å²) in [7, 11) is -3.35. The smallest absolute Gasteiger partial charge is 0.211 e. The molecule has 0 aliphatic carbocycles. The van der Waals surface area contributed by atoms with Crippen molar-refractivity contribution in [3.05, 3.63) is 37.3 Å². The van der Waals surface area contributed by atoms with Crippen molar-refractivity contribution in [2.45, 2.75) is 11.8 Å². The number of benzene rings is 1. The molecule has 14 heavy (non-hydrogen) atoms. The van der Waals surface area contributed by atoms with E-state index >= 15 is 0 Å². The van der Waals surface area contributed by atoms with Gasteiger partial charge in [0, 0.05) is 6.54 Å². The lowest BCUT2D eigenvalue weighted by atomic mass is 10.2. The first kappa shape index (κ1) is 11.2. The second-order valence-corrected chi connectivity index (χ2v) is 5.04. The monoisotopic (exact) mass is 213 g/mol. The average Bonchev–Trinajstić information content (AvgIpc) is 2.16. The highest BCUT2D eigenvalue weighted by Crippen LogP contribution is 2.07. The van der Waals surface area contributed by atoms with Gasteiger partial charge in [0.05, 0.1) is 4.90 Å². The lowest BCUT2D eigenvalue weighted by Gasteiger charge is -2.08. The Balaban J connectivity index is 0.00000196. The summed E-state index contributed by atoms with van der Waals surface area (Å²) in [6.07, 6.45) is 0. The number of nitrogens with one attached hydrogen (secondary N) is 1. The maximum atomic E-state index is 11.6. The van der Waals surface area contributed by atoms with Crippen molar-refractivity contribution in [2.75, 3.05) is 6.54 Å². The SMILES string of the molecule is [CH2]C(C)CNS(=O)(=O)c1ccccc1.[H+]. The number of hydrogen-bond donors (Lipinski definition) is 1. The van der Waals surface area contributed by atoms with Gasteiger partial charge in [-0.15, -0.1) is 0 Å². The molecule has 0 aromatic heterocycles. The van der Waals surface area contributed by atoms with Crippen LogP contribution in [0.1, 0.15) is 8.35 Å². The molecule has 1 unspecified atom stereocenters. The lowest BCUT2D eigenvalue weighted by molar-refractivity contribution is 0.571. The highest BCUT2D eigenvalue weighted by Gasteiger charge is 2.12. The molecule has 0 aliphatic rings. The van der Waals surface area contributed by atoms with Crippen LogP contribution >= 0.6 is 0 Å². The van der Waals surface area contributed by atoms with Crippen LogP contribution in [0, 0.1) is 12.8 Å². The molecule has 1 N–H and O–H groups in total. The van der Waals surface area contributed by atoms with E-state index in [-0.39, 0.29) is 7.34 Å². The van der Waals surface area contributed by atoms with Crippen molar-refractivity contribution in [3.63, 3.8) is 0 Å². The molecule has 4 heteroatoms. The minimum absolute atomic E-state index is 0. The van der Waals surface area contributed by atoms with Gasteiger partial charge in [-0.25, -0.2) is 13.1 Å². The molecule has 1 aromatic carbocycles. The molecule has 3 nitrogen and oxygen atoms in total. The zero-order valence-corrected chi connectivity index (χ0v) is 8.92. The van der Waals surface area contributed by atoms with Crippen LogP contribution in [0.5, 0.6) is 0 Å². The third-order valence-electron chi connectivity index (χ3n) is 1.68. The highest BCUT2D eigenvalue weighted by molar-refractivity contribution is 7.89. The normalized spacial score (nSPS) is 11.9. The molecule has 1 atom stereocenters. The van der Waals surface area contributed by atoms with Crippen molar-refractivity contribution in [1.82, 2.24) is 4.72 Å². The second kappa shape index (κ2) is 4.57. The van der Waals surface area contributed by atoms with Crippen LogP contribution in [0.2, 0.25) is 0 Å². The van der Waals surface area contributed by atoms with Crippen LogP contribution in [-0.2, 0) is 10.0 Å². The Morgan fingerprint density at radius 1 is 1.43 bits per heavy atom. The van der Waals surface area contributed by atoms with Gasteiger partial charge in [0.2, 0.25) is 10.0 Å². The van der Waals surface area contributed by atoms with Crippen molar-refractivity contribution in [3.8, 4) is 0 Å². The molecule has 1 aromatic rings. The van der Waals surface area contributed by atoms with Crippen LogP contribution in [0.3, 0.4) is 0 Å².